The fourth-order valence-corrected chi connectivity index (χ4v) is 5.78. The minimum atomic E-state index is -0.709. The molecule has 2 fully saturated rings. The van der Waals surface area contributed by atoms with Gasteiger partial charge in [0.05, 0.1) is 29.9 Å². The van der Waals surface area contributed by atoms with Gasteiger partial charge in [-0.1, -0.05) is 19.1 Å². The molecular formula is C27H32N6O4. The molecule has 3 aliphatic rings. The summed E-state index contributed by atoms with van der Waals surface area (Å²) in [4.78, 5) is 32.9. The number of nitrogens with one attached hydrogen (secondary N) is 1. The van der Waals surface area contributed by atoms with Crippen LogP contribution >= 0.6 is 0 Å². The molecule has 5 heterocycles. The minimum Gasteiger partial charge on any atom is -0.493 e. The van der Waals surface area contributed by atoms with Crippen LogP contribution in [0.1, 0.15) is 62.4 Å². The van der Waals surface area contributed by atoms with Gasteiger partial charge >= 0.3 is 11.8 Å². The Morgan fingerprint density at radius 3 is 2.89 bits per heavy atom. The highest BCUT2D eigenvalue weighted by Gasteiger charge is 2.36. The van der Waals surface area contributed by atoms with Crippen molar-refractivity contribution in [2.45, 2.75) is 57.7 Å². The van der Waals surface area contributed by atoms with Crippen molar-refractivity contribution >= 4 is 34.2 Å². The predicted octanol–water partition coefficient (Wildman–Crippen LogP) is 3.59. The summed E-state index contributed by atoms with van der Waals surface area (Å²) >= 11 is 0. The van der Waals surface area contributed by atoms with Crippen LogP contribution in [-0.4, -0.2) is 51.2 Å². The second-order valence-electron chi connectivity index (χ2n) is 10.3. The molecule has 3 aliphatic heterocycles. The molecule has 3 N–H and O–H groups in total. The van der Waals surface area contributed by atoms with Crippen molar-refractivity contribution in [1.29, 1.82) is 0 Å². The number of benzene rings is 1. The molecule has 2 saturated heterocycles. The highest BCUT2D eigenvalue weighted by atomic mass is 16.5. The van der Waals surface area contributed by atoms with Crippen LogP contribution in [0, 0.1) is 5.92 Å². The number of rotatable bonds is 3. The van der Waals surface area contributed by atoms with Crippen LogP contribution in [0.4, 0.5) is 11.5 Å². The Kier molecular flexibility index (Phi) is 6.19. The topological polar surface area (TPSA) is 125 Å². The number of piperidine rings is 1. The molecular weight excluding hydrogens is 472 g/mol. The lowest BCUT2D eigenvalue weighted by Gasteiger charge is -2.39. The van der Waals surface area contributed by atoms with Gasteiger partial charge in [0.15, 0.2) is 0 Å². The van der Waals surface area contributed by atoms with Crippen LogP contribution in [0.5, 0.6) is 5.75 Å². The van der Waals surface area contributed by atoms with Gasteiger partial charge in [0.25, 0.3) is 0 Å². The molecule has 10 nitrogen and oxygen atoms in total. The largest absolute Gasteiger partial charge is 0.493 e. The number of carbonyl (C=O) groups excluding carboxylic acids is 2. The Labute approximate surface area is 215 Å². The first-order chi connectivity index (χ1) is 18.0. The molecule has 2 aromatic heterocycles. The van der Waals surface area contributed by atoms with Gasteiger partial charge in [0.1, 0.15) is 23.3 Å². The van der Waals surface area contributed by atoms with Crippen molar-refractivity contribution in [2.75, 3.05) is 30.8 Å². The van der Waals surface area contributed by atoms with Crippen molar-refractivity contribution in [3.63, 3.8) is 0 Å². The van der Waals surface area contributed by atoms with Gasteiger partial charge in [-0.15, -0.1) is 0 Å². The normalized spacial score (nSPS) is 23.5. The van der Waals surface area contributed by atoms with Crippen LogP contribution in [0.3, 0.4) is 0 Å². The standard InChI is InChI=1S/C27H32N6O4/c1-16-8-9-21(17-5-4-6-22-18(17)10-12-36-22)32(14-16)27(35)26(34)30-20-13-29-25(28)19-15-33(31-24(19)20)23-7-2-3-11-37-23/h4-6,13,15-16,21,23H,2-3,7-12,14H2,1H3,(H2,28,29)(H,30,34). The maximum atomic E-state index is 13.6. The summed E-state index contributed by atoms with van der Waals surface area (Å²) in [6, 6.07) is 5.81. The Balaban J connectivity index is 1.27. The monoisotopic (exact) mass is 504 g/mol. The van der Waals surface area contributed by atoms with E-state index in [0.29, 0.717) is 48.1 Å². The summed E-state index contributed by atoms with van der Waals surface area (Å²) in [7, 11) is 0. The second-order valence-corrected chi connectivity index (χ2v) is 10.3. The van der Waals surface area contributed by atoms with Crippen molar-refractivity contribution in [1.82, 2.24) is 19.7 Å². The Hall–Kier alpha value is -3.66. The van der Waals surface area contributed by atoms with Gasteiger partial charge in [-0.3, -0.25) is 9.59 Å². The molecule has 2 amide bonds. The predicted molar refractivity (Wildman–Crippen MR) is 138 cm³/mol. The highest BCUT2D eigenvalue weighted by Crippen LogP contribution is 2.39. The van der Waals surface area contributed by atoms with E-state index in [-0.39, 0.29) is 12.3 Å². The van der Waals surface area contributed by atoms with E-state index < -0.39 is 11.8 Å². The van der Waals surface area contributed by atoms with Gasteiger partial charge in [-0.05, 0) is 49.7 Å². The molecule has 37 heavy (non-hydrogen) atoms. The first-order valence-corrected chi connectivity index (χ1v) is 13.1. The first-order valence-electron chi connectivity index (χ1n) is 13.1. The van der Waals surface area contributed by atoms with Crippen LogP contribution in [0.25, 0.3) is 10.9 Å². The van der Waals surface area contributed by atoms with Crippen molar-refractivity contribution < 1.29 is 19.1 Å². The van der Waals surface area contributed by atoms with E-state index in [0.717, 1.165) is 55.4 Å². The molecule has 0 aliphatic carbocycles. The van der Waals surface area contributed by atoms with E-state index in [2.05, 4.69) is 28.4 Å². The van der Waals surface area contributed by atoms with Crippen LogP contribution in [0.15, 0.2) is 30.6 Å². The molecule has 6 rings (SSSR count). The van der Waals surface area contributed by atoms with E-state index >= 15 is 0 Å². The number of ether oxygens (including phenoxy) is 2. The quantitative estimate of drug-likeness (QED) is 0.522. The van der Waals surface area contributed by atoms with E-state index in [1.54, 1.807) is 15.8 Å². The van der Waals surface area contributed by atoms with Gasteiger partial charge in [-0.2, -0.15) is 5.10 Å². The number of fused-ring (bicyclic) bond motifs is 2. The number of nitrogen functional groups attached to an aromatic ring is 1. The zero-order valence-corrected chi connectivity index (χ0v) is 21.0. The molecule has 10 heteroatoms. The lowest BCUT2D eigenvalue weighted by molar-refractivity contribution is -0.146. The average Bonchev–Trinajstić information content (AvgIpc) is 3.59. The van der Waals surface area contributed by atoms with Crippen molar-refractivity contribution in [2.24, 2.45) is 5.92 Å². The summed E-state index contributed by atoms with van der Waals surface area (Å²) < 4.78 is 13.3. The van der Waals surface area contributed by atoms with Gasteiger partial charge in [0, 0.05) is 31.3 Å². The number of nitrogens with zero attached hydrogens (tertiary/aromatic N) is 4. The lowest BCUT2D eigenvalue weighted by atomic mass is 9.87. The highest BCUT2D eigenvalue weighted by molar-refractivity contribution is 6.40. The minimum absolute atomic E-state index is 0.168. The van der Waals surface area contributed by atoms with E-state index in [9.17, 15) is 9.59 Å². The summed E-state index contributed by atoms with van der Waals surface area (Å²) in [6.07, 6.45) is 8.61. The third-order valence-corrected chi connectivity index (χ3v) is 7.71. The van der Waals surface area contributed by atoms with Gasteiger partial charge in [0.2, 0.25) is 0 Å². The molecule has 0 radical (unpaired) electrons. The maximum Gasteiger partial charge on any atom is 0.314 e. The SMILES string of the molecule is CC1CCC(c2cccc3c2CCO3)N(C(=O)C(=O)Nc2cnc(N)c3cn(C4CCCCO4)nc23)C1. The van der Waals surface area contributed by atoms with E-state index in [4.69, 9.17) is 15.2 Å². The Morgan fingerprint density at radius 1 is 1.16 bits per heavy atom. The Morgan fingerprint density at radius 2 is 2.05 bits per heavy atom. The number of nitrogens with two attached hydrogens (primary N) is 1. The third-order valence-electron chi connectivity index (χ3n) is 7.71. The number of pyridine rings is 1. The fraction of sp³-hybridized carbons (Fsp3) is 0.481. The van der Waals surface area contributed by atoms with Crippen molar-refractivity contribution in [3.8, 4) is 5.75 Å². The number of hydrogen-bond donors (Lipinski definition) is 2. The number of amides is 2. The molecule has 0 spiro atoms. The Bertz CT molecular complexity index is 1350. The average molecular weight is 505 g/mol. The van der Waals surface area contributed by atoms with Crippen LogP contribution in [0.2, 0.25) is 0 Å². The smallest absolute Gasteiger partial charge is 0.314 e. The number of carbonyl (C=O) groups is 2. The molecule has 0 saturated carbocycles. The third kappa shape index (κ3) is 4.39. The molecule has 194 valence electrons. The van der Waals surface area contributed by atoms with Crippen LogP contribution in [-0.2, 0) is 20.7 Å². The lowest BCUT2D eigenvalue weighted by Crippen LogP contribution is -2.46. The molecule has 1 aromatic carbocycles. The first kappa shape index (κ1) is 23.7. The molecule has 3 unspecified atom stereocenters. The van der Waals surface area contributed by atoms with Crippen molar-refractivity contribution in [3.05, 3.63) is 41.7 Å². The van der Waals surface area contributed by atoms with Gasteiger partial charge in [-0.25, -0.2) is 9.67 Å². The van der Waals surface area contributed by atoms with E-state index in [1.807, 2.05) is 12.1 Å². The number of aromatic nitrogens is 3. The van der Waals surface area contributed by atoms with E-state index in [1.165, 1.54) is 6.20 Å². The summed E-state index contributed by atoms with van der Waals surface area (Å²) in [5.74, 6) is 0.219. The zero-order valence-electron chi connectivity index (χ0n) is 21.0. The van der Waals surface area contributed by atoms with Crippen LogP contribution < -0.4 is 15.8 Å². The fourth-order valence-electron chi connectivity index (χ4n) is 5.78. The molecule has 0 bridgehead atoms. The molecule has 3 aromatic rings. The number of hydrogen-bond acceptors (Lipinski definition) is 7. The zero-order chi connectivity index (χ0) is 25.5. The number of anilines is 2. The molecule has 3 atom stereocenters. The second kappa shape index (κ2) is 9.66. The number of likely N-dealkylation sites (tertiary alicyclic amines) is 1. The summed E-state index contributed by atoms with van der Waals surface area (Å²) in [6.45, 7) is 3.95. The van der Waals surface area contributed by atoms with Gasteiger partial charge < -0.3 is 25.4 Å². The summed E-state index contributed by atoms with van der Waals surface area (Å²) in [5.41, 5.74) is 9.17. The maximum absolute atomic E-state index is 13.6. The summed E-state index contributed by atoms with van der Waals surface area (Å²) in [5, 5.41) is 8.04.